The Labute approximate surface area is 103 Å². The zero-order chi connectivity index (χ0) is 11.6. The predicted octanol–water partition coefficient (Wildman–Crippen LogP) is 2.62. The number of nitrogens with one attached hydrogen (secondary N) is 1. The molecule has 0 aliphatic rings. The molecule has 1 rings (SSSR count). The summed E-state index contributed by atoms with van der Waals surface area (Å²) in [4.78, 5) is 0. The smallest absolute Gasteiger partial charge is 0.163 e. The van der Waals surface area contributed by atoms with Crippen LogP contribution in [0.4, 0.5) is 0 Å². The average Bonchev–Trinajstić information content (AvgIpc) is 2.29. The van der Waals surface area contributed by atoms with Crippen LogP contribution in [0.5, 0.6) is 0 Å². The highest BCUT2D eigenvalue weighted by atomic mass is 32.1. The Morgan fingerprint density at radius 2 is 1.75 bits per heavy atom. The maximum absolute atomic E-state index is 5.33. The van der Waals surface area contributed by atoms with Crippen molar-refractivity contribution in [1.82, 2.24) is 5.32 Å². The summed E-state index contributed by atoms with van der Waals surface area (Å²) in [6.07, 6.45) is 6.10. The van der Waals surface area contributed by atoms with Gasteiger partial charge >= 0.3 is 0 Å². The van der Waals surface area contributed by atoms with Crippen LogP contribution in [0.1, 0.15) is 31.2 Å². The molecule has 0 radical (unpaired) electrons. The van der Waals surface area contributed by atoms with E-state index in [9.17, 15) is 0 Å². The van der Waals surface area contributed by atoms with Crippen molar-refractivity contribution in [2.45, 2.75) is 32.1 Å². The van der Waals surface area contributed by atoms with Crippen LogP contribution in [0.3, 0.4) is 0 Å². The summed E-state index contributed by atoms with van der Waals surface area (Å²) in [5.74, 6) is 0. The molecule has 1 aromatic carbocycles. The van der Waals surface area contributed by atoms with E-state index in [0.717, 1.165) is 13.0 Å². The van der Waals surface area contributed by atoms with Crippen LogP contribution in [0.2, 0.25) is 0 Å². The fourth-order valence-corrected chi connectivity index (χ4v) is 1.77. The molecule has 16 heavy (non-hydrogen) atoms. The molecule has 3 heteroatoms. The zero-order valence-electron chi connectivity index (χ0n) is 9.61. The van der Waals surface area contributed by atoms with Crippen molar-refractivity contribution >= 4 is 17.3 Å². The van der Waals surface area contributed by atoms with E-state index in [1.807, 2.05) is 0 Å². The lowest BCUT2D eigenvalue weighted by molar-refractivity contribution is 0.632. The number of rotatable bonds is 7. The number of hydrogen-bond acceptors (Lipinski definition) is 1. The molecule has 0 fully saturated rings. The second-order valence-corrected chi connectivity index (χ2v) is 4.38. The Bertz CT molecular complexity index is 298. The van der Waals surface area contributed by atoms with Gasteiger partial charge in [-0.1, -0.05) is 43.2 Å². The molecule has 0 saturated carbocycles. The van der Waals surface area contributed by atoms with Gasteiger partial charge in [-0.05, 0) is 37.0 Å². The van der Waals surface area contributed by atoms with Gasteiger partial charge in [-0.3, -0.25) is 0 Å². The van der Waals surface area contributed by atoms with Gasteiger partial charge in [0.25, 0.3) is 0 Å². The highest BCUT2D eigenvalue weighted by Gasteiger charge is 1.93. The zero-order valence-corrected chi connectivity index (χ0v) is 10.4. The number of hydrogen-bond donors (Lipinski definition) is 2. The molecule has 0 atom stereocenters. The fraction of sp³-hybridized carbons (Fsp3) is 0.462. The van der Waals surface area contributed by atoms with Crippen molar-refractivity contribution in [2.24, 2.45) is 5.73 Å². The second-order valence-electron chi connectivity index (χ2n) is 3.94. The first kappa shape index (κ1) is 13.0. The van der Waals surface area contributed by atoms with Crippen LogP contribution >= 0.6 is 12.2 Å². The minimum atomic E-state index is 0.407. The molecular formula is C13H20N2S. The summed E-state index contributed by atoms with van der Waals surface area (Å²) < 4.78 is 0. The standard InChI is InChI=1S/C13H20N2S/c14-13(16)15-11-7-2-1-4-8-12-9-5-3-6-10-12/h3,5-6,9-10H,1-2,4,7-8,11H2,(H3,14,15,16). The molecule has 0 bridgehead atoms. The third kappa shape index (κ3) is 6.40. The summed E-state index contributed by atoms with van der Waals surface area (Å²) in [6.45, 7) is 0.903. The molecule has 2 nitrogen and oxygen atoms in total. The van der Waals surface area contributed by atoms with E-state index in [4.69, 9.17) is 18.0 Å². The van der Waals surface area contributed by atoms with E-state index < -0.39 is 0 Å². The molecule has 0 aliphatic carbocycles. The maximum Gasteiger partial charge on any atom is 0.163 e. The molecule has 0 spiro atoms. The van der Waals surface area contributed by atoms with Crippen molar-refractivity contribution in [3.63, 3.8) is 0 Å². The Kier molecular flexibility index (Phi) is 6.58. The molecule has 3 N–H and O–H groups in total. The van der Waals surface area contributed by atoms with E-state index in [1.54, 1.807) is 0 Å². The number of thiocarbonyl (C=S) groups is 1. The lowest BCUT2D eigenvalue weighted by atomic mass is 10.1. The maximum atomic E-state index is 5.33. The van der Waals surface area contributed by atoms with E-state index in [-0.39, 0.29) is 0 Å². The third-order valence-electron chi connectivity index (χ3n) is 2.53. The van der Waals surface area contributed by atoms with Gasteiger partial charge in [-0.15, -0.1) is 0 Å². The third-order valence-corrected chi connectivity index (χ3v) is 2.68. The van der Waals surface area contributed by atoms with E-state index >= 15 is 0 Å². The average molecular weight is 236 g/mol. The van der Waals surface area contributed by atoms with Crippen LogP contribution in [0, 0.1) is 0 Å². The van der Waals surface area contributed by atoms with Gasteiger partial charge in [-0.25, -0.2) is 0 Å². The van der Waals surface area contributed by atoms with Gasteiger partial charge in [0.15, 0.2) is 5.11 Å². The minimum absolute atomic E-state index is 0.407. The monoisotopic (exact) mass is 236 g/mol. The summed E-state index contributed by atoms with van der Waals surface area (Å²) in [7, 11) is 0. The van der Waals surface area contributed by atoms with Gasteiger partial charge in [0.05, 0.1) is 0 Å². The Balaban J connectivity index is 1.94. The summed E-state index contributed by atoms with van der Waals surface area (Å²) in [5, 5.41) is 3.37. The van der Waals surface area contributed by atoms with Crippen molar-refractivity contribution in [3.05, 3.63) is 35.9 Å². The van der Waals surface area contributed by atoms with Crippen molar-refractivity contribution in [3.8, 4) is 0 Å². The second kappa shape index (κ2) is 8.11. The van der Waals surface area contributed by atoms with Crippen molar-refractivity contribution in [2.75, 3.05) is 6.54 Å². The molecule has 1 aromatic rings. The van der Waals surface area contributed by atoms with E-state index in [0.29, 0.717) is 5.11 Å². The van der Waals surface area contributed by atoms with Crippen molar-refractivity contribution in [1.29, 1.82) is 0 Å². The summed E-state index contributed by atoms with van der Waals surface area (Å²) >= 11 is 4.73. The van der Waals surface area contributed by atoms with Crippen LogP contribution in [0.15, 0.2) is 30.3 Å². The Hall–Kier alpha value is -1.09. The summed E-state index contributed by atoms with van der Waals surface area (Å²) in [6, 6.07) is 10.6. The van der Waals surface area contributed by atoms with Crippen LogP contribution in [-0.4, -0.2) is 11.7 Å². The summed E-state index contributed by atoms with van der Waals surface area (Å²) in [5.41, 5.74) is 6.76. The van der Waals surface area contributed by atoms with Gasteiger partial charge in [0.1, 0.15) is 0 Å². The van der Waals surface area contributed by atoms with Gasteiger partial charge in [-0.2, -0.15) is 0 Å². The van der Waals surface area contributed by atoms with E-state index in [2.05, 4.69) is 35.6 Å². The molecular weight excluding hydrogens is 216 g/mol. The molecule has 0 heterocycles. The van der Waals surface area contributed by atoms with Crippen LogP contribution in [-0.2, 0) is 6.42 Å². The highest BCUT2D eigenvalue weighted by molar-refractivity contribution is 7.80. The molecule has 0 amide bonds. The van der Waals surface area contributed by atoms with Gasteiger partial charge in [0, 0.05) is 6.54 Å². The quantitative estimate of drug-likeness (QED) is 0.564. The molecule has 0 aliphatic heterocycles. The normalized spacial score (nSPS) is 10.0. The van der Waals surface area contributed by atoms with Crippen LogP contribution < -0.4 is 11.1 Å². The number of nitrogens with two attached hydrogens (primary N) is 1. The lowest BCUT2D eigenvalue weighted by Crippen LogP contribution is -2.29. The Morgan fingerprint density at radius 1 is 1.06 bits per heavy atom. The number of benzene rings is 1. The highest BCUT2D eigenvalue weighted by Crippen LogP contribution is 2.07. The first-order chi connectivity index (χ1) is 7.79. The predicted molar refractivity (Wildman–Crippen MR) is 73.4 cm³/mol. The minimum Gasteiger partial charge on any atom is -0.376 e. The molecule has 0 aromatic heterocycles. The van der Waals surface area contributed by atoms with Crippen LogP contribution in [0.25, 0.3) is 0 Å². The Morgan fingerprint density at radius 3 is 2.44 bits per heavy atom. The first-order valence-corrected chi connectivity index (χ1v) is 6.27. The van der Waals surface area contributed by atoms with Gasteiger partial charge in [0.2, 0.25) is 0 Å². The largest absolute Gasteiger partial charge is 0.376 e. The van der Waals surface area contributed by atoms with Crippen molar-refractivity contribution < 1.29 is 0 Å². The number of unbranched alkanes of at least 4 members (excludes halogenated alkanes) is 3. The molecule has 88 valence electrons. The topological polar surface area (TPSA) is 38.0 Å². The van der Waals surface area contributed by atoms with Gasteiger partial charge < -0.3 is 11.1 Å². The number of aryl methyl sites for hydroxylation is 1. The fourth-order valence-electron chi connectivity index (χ4n) is 1.66. The first-order valence-electron chi connectivity index (χ1n) is 5.86. The molecule has 0 saturated heterocycles. The van der Waals surface area contributed by atoms with E-state index in [1.165, 1.54) is 31.2 Å². The SMILES string of the molecule is NC(=S)NCCCCCCc1ccccc1. The lowest BCUT2D eigenvalue weighted by Gasteiger charge is -2.03. The molecule has 0 unspecified atom stereocenters.